The van der Waals surface area contributed by atoms with Gasteiger partial charge in [-0.2, -0.15) is 13.2 Å². The van der Waals surface area contributed by atoms with Crippen molar-refractivity contribution in [2.75, 3.05) is 11.9 Å². The average molecular weight is 326 g/mol. The van der Waals surface area contributed by atoms with Gasteiger partial charge in [-0.1, -0.05) is 6.92 Å². The van der Waals surface area contributed by atoms with E-state index in [2.05, 4.69) is 20.3 Å². The zero-order valence-corrected chi connectivity index (χ0v) is 12.5. The lowest BCUT2D eigenvalue weighted by Gasteiger charge is -2.18. The van der Waals surface area contributed by atoms with Crippen molar-refractivity contribution < 1.29 is 18.3 Å². The van der Waals surface area contributed by atoms with Gasteiger partial charge in [0.15, 0.2) is 11.5 Å². The number of alkyl halides is 3. The molecule has 0 aromatic carbocycles. The molecule has 2 heterocycles. The molecule has 0 bridgehead atoms. The highest BCUT2D eigenvalue weighted by atomic mass is 19.4. The van der Waals surface area contributed by atoms with Crippen LogP contribution in [0.4, 0.5) is 19.0 Å². The van der Waals surface area contributed by atoms with Gasteiger partial charge in [0.05, 0.1) is 0 Å². The van der Waals surface area contributed by atoms with Gasteiger partial charge in [0, 0.05) is 36.7 Å². The van der Waals surface area contributed by atoms with Crippen molar-refractivity contribution in [2.45, 2.75) is 32.0 Å². The normalized spacial score (nSPS) is 12.9. The van der Waals surface area contributed by atoms with Crippen molar-refractivity contribution in [2.24, 2.45) is 0 Å². The molecule has 1 unspecified atom stereocenters. The first-order valence-corrected chi connectivity index (χ1v) is 7.18. The predicted molar refractivity (Wildman–Crippen MR) is 79.7 cm³/mol. The molecule has 2 aromatic rings. The van der Waals surface area contributed by atoms with E-state index < -0.39 is 11.9 Å². The van der Waals surface area contributed by atoms with E-state index in [1.807, 2.05) is 6.92 Å². The van der Waals surface area contributed by atoms with Gasteiger partial charge in [-0.15, -0.1) is 0 Å². The fourth-order valence-corrected chi connectivity index (χ4v) is 2.03. The molecule has 0 saturated heterocycles. The van der Waals surface area contributed by atoms with Gasteiger partial charge < -0.3 is 10.4 Å². The lowest BCUT2D eigenvalue weighted by Crippen LogP contribution is -2.21. The van der Waals surface area contributed by atoms with Gasteiger partial charge in [-0.3, -0.25) is 4.98 Å². The van der Waals surface area contributed by atoms with Crippen molar-refractivity contribution >= 4 is 5.82 Å². The van der Waals surface area contributed by atoms with Gasteiger partial charge in [0.25, 0.3) is 0 Å². The molecule has 0 aliphatic heterocycles. The molecule has 2 rings (SSSR count). The third-order valence-corrected chi connectivity index (χ3v) is 3.26. The fraction of sp³-hybridized carbons (Fsp3) is 0.400. The Kier molecular flexibility index (Phi) is 5.49. The second kappa shape index (κ2) is 7.36. The summed E-state index contributed by atoms with van der Waals surface area (Å²) in [4.78, 5) is 11.6. The molecule has 0 spiro atoms. The number of halogens is 3. The Morgan fingerprint density at radius 2 is 2.09 bits per heavy atom. The van der Waals surface area contributed by atoms with Crippen LogP contribution in [0.5, 0.6) is 0 Å². The molecular formula is C15H17F3N4O. The van der Waals surface area contributed by atoms with Crippen molar-refractivity contribution in [1.29, 1.82) is 0 Å². The molecule has 23 heavy (non-hydrogen) atoms. The van der Waals surface area contributed by atoms with Crippen LogP contribution in [-0.4, -0.2) is 32.7 Å². The summed E-state index contributed by atoms with van der Waals surface area (Å²) in [5.74, 6) is 0.0285. The predicted octanol–water partition coefficient (Wildman–Crippen LogP) is 3.13. The van der Waals surface area contributed by atoms with E-state index in [0.29, 0.717) is 18.4 Å². The molecule has 0 amide bonds. The Bertz CT molecular complexity index is 634. The molecule has 2 aromatic heterocycles. The Labute approximate surface area is 131 Å². The largest absolute Gasteiger partial charge is 0.433 e. The summed E-state index contributed by atoms with van der Waals surface area (Å²) in [6, 6.07) is 3.90. The maximum atomic E-state index is 13.1. The Morgan fingerprint density at radius 1 is 1.30 bits per heavy atom. The van der Waals surface area contributed by atoms with Crippen molar-refractivity contribution in [1.82, 2.24) is 15.0 Å². The number of nitrogens with one attached hydrogen (secondary N) is 1. The number of hydrogen-bond acceptors (Lipinski definition) is 5. The topological polar surface area (TPSA) is 70.9 Å². The highest BCUT2D eigenvalue weighted by Crippen LogP contribution is 2.30. The smallest absolute Gasteiger partial charge is 0.396 e. The summed E-state index contributed by atoms with van der Waals surface area (Å²) in [7, 11) is 0. The van der Waals surface area contributed by atoms with Crippen LogP contribution in [0.25, 0.3) is 11.4 Å². The molecular weight excluding hydrogens is 309 g/mol. The molecule has 8 heteroatoms. The average Bonchev–Trinajstić information content (AvgIpc) is 2.54. The van der Waals surface area contributed by atoms with Gasteiger partial charge in [-0.25, -0.2) is 9.97 Å². The summed E-state index contributed by atoms with van der Waals surface area (Å²) < 4.78 is 39.2. The van der Waals surface area contributed by atoms with E-state index in [4.69, 9.17) is 5.11 Å². The van der Waals surface area contributed by atoms with E-state index in [1.54, 1.807) is 12.1 Å². The minimum absolute atomic E-state index is 0.0470. The quantitative estimate of drug-likeness (QED) is 0.853. The van der Waals surface area contributed by atoms with Crippen molar-refractivity contribution in [3.63, 3.8) is 0 Å². The maximum absolute atomic E-state index is 13.1. The SMILES string of the molecule is CCC(CCO)Nc1cc(C(F)(F)F)nc(-c2cccnc2)n1. The molecule has 2 N–H and O–H groups in total. The van der Waals surface area contributed by atoms with Crippen LogP contribution in [0, 0.1) is 0 Å². The van der Waals surface area contributed by atoms with Crippen LogP contribution in [0.2, 0.25) is 0 Å². The first-order valence-electron chi connectivity index (χ1n) is 7.18. The number of nitrogens with zero attached hydrogens (tertiary/aromatic N) is 3. The summed E-state index contributed by atoms with van der Waals surface area (Å²) >= 11 is 0. The van der Waals surface area contributed by atoms with E-state index in [9.17, 15) is 13.2 Å². The second-order valence-corrected chi connectivity index (χ2v) is 4.96. The van der Waals surface area contributed by atoms with E-state index in [0.717, 1.165) is 6.07 Å². The fourth-order valence-electron chi connectivity index (χ4n) is 2.03. The number of aliphatic hydroxyl groups excluding tert-OH is 1. The lowest BCUT2D eigenvalue weighted by molar-refractivity contribution is -0.141. The van der Waals surface area contributed by atoms with Gasteiger partial charge >= 0.3 is 6.18 Å². The molecule has 5 nitrogen and oxygen atoms in total. The molecule has 0 radical (unpaired) electrons. The Hall–Kier alpha value is -2.22. The van der Waals surface area contributed by atoms with Crippen LogP contribution < -0.4 is 5.32 Å². The third-order valence-electron chi connectivity index (χ3n) is 3.26. The standard InChI is InChI=1S/C15H17F3N4O/c1-2-11(5-7-23)20-13-8-12(15(16,17)18)21-14(22-13)10-4-3-6-19-9-10/h3-4,6,8-9,11,23H,2,5,7H2,1H3,(H,20,21,22). The molecule has 0 saturated carbocycles. The number of hydrogen-bond donors (Lipinski definition) is 2. The number of rotatable bonds is 6. The zero-order valence-electron chi connectivity index (χ0n) is 12.5. The van der Waals surface area contributed by atoms with Crippen LogP contribution in [0.1, 0.15) is 25.5 Å². The minimum Gasteiger partial charge on any atom is -0.396 e. The van der Waals surface area contributed by atoms with Crippen LogP contribution in [0.15, 0.2) is 30.6 Å². The number of aliphatic hydroxyl groups is 1. The van der Waals surface area contributed by atoms with Gasteiger partial charge in [0.1, 0.15) is 5.82 Å². The second-order valence-electron chi connectivity index (χ2n) is 4.96. The Morgan fingerprint density at radius 3 is 2.65 bits per heavy atom. The van der Waals surface area contributed by atoms with E-state index in [1.165, 1.54) is 12.4 Å². The van der Waals surface area contributed by atoms with E-state index >= 15 is 0 Å². The zero-order chi connectivity index (χ0) is 16.9. The van der Waals surface area contributed by atoms with E-state index in [-0.39, 0.29) is 24.3 Å². The van der Waals surface area contributed by atoms with Crippen LogP contribution in [0.3, 0.4) is 0 Å². The minimum atomic E-state index is -4.57. The molecule has 1 atom stereocenters. The monoisotopic (exact) mass is 326 g/mol. The summed E-state index contributed by atoms with van der Waals surface area (Å²) in [5.41, 5.74) is -0.621. The molecule has 124 valence electrons. The summed E-state index contributed by atoms with van der Waals surface area (Å²) in [6.07, 6.45) is -0.581. The highest BCUT2D eigenvalue weighted by Gasteiger charge is 2.34. The number of anilines is 1. The molecule has 0 fully saturated rings. The highest BCUT2D eigenvalue weighted by molar-refractivity contribution is 5.56. The maximum Gasteiger partial charge on any atom is 0.433 e. The van der Waals surface area contributed by atoms with Gasteiger partial charge in [-0.05, 0) is 25.0 Å². The molecule has 0 aliphatic carbocycles. The van der Waals surface area contributed by atoms with Crippen molar-refractivity contribution in [3.05, 3.63) is 36.3 Å². The first-order chi connectivity index (χ1) is 10.9. The third kappa shape index (κ3) is 4.62. The Balaban J connectivity index is 2.42. The lowest BCUT2D eigenvalue weighted by atomic mass is 10.1. The first kappa shape index (κ1) is 17.1. The summed E-state index contributed by atoms with van der Waals surface area (Å²) in [5, 5.41) is 11.9. The summed E-state index contributed by atoms with van der Waals surface area (Å²) in [6.45, 7) is 1.82. The number of aromatic nitrogens is 3. The number of pyridine rings is 1. The van der Waals surface area contributed by atoms with Crippen LogP contribution >= 0.6 is 0 Å². The molecule has 0 aliphatic rings. The van der Waals surface area contributed by atoms with Crippen molar-refractivity contribution in [3.8, 4) is 11.4 Å². The van der Waals surface area contributed by atoms with Crippen LogP contribution in [-0.2, 0) is 6.18 Å². The van der Waals surface area contributed by atoms with Gasteiger partial charge in [0.2, 0.25) is 0 Å².